The average molecular weight is 272 g/mol. The van der Waals surface area contributed by atoms with Gasteiger partial charge in [0.2, 0.25) is 5.88 Å². The fourth-order valence-electron chi connectivity index (χ4n) is 1.49. The molecular weight excluding hydrogens is 252 g/mol. The molecule has 5 heteroatoms. The Balaban J connectivity index is 1.96. The predicted molar refractivity (Wildman–Crippen MR) is 77.7 cm³/mol. The maximum absolute atomic E-state index is 5.58. The summed E-state index contributed by atoms with van der Waals surface area (Å²) >= 11 is 0. The van der Waals surface area contributed by atoms with Gasteiger partial charge in [-0.2, -0.15) is 5.10 Å². The number of nitrogens with one attached hydrogen (secondary N) is 1. The van der Waals surface area contributed by atoms with Crippen molar-refractivity contribution in [2.45, 2.75) is 39.8 Å². The van der Waals surface area contributed by atoms with Gasteiger partial charge in [0, 0.05) is 23.8 Å². The van der Waals surface area contributed by atoms with E-state index in [1.165, 1.54) is 0 Å². The highest BCUT2D eigenvalue weighted by Gasteiger charge is 2.09. The first-order chi connectivity index (χ1) is 9.42. The third kappa shape index (κ3) is 4.59. The van der Waals surface area contributed by atoms with E-state index < -0.39 is 0 Å². The zero-order chi connectivity index (χ0) is 14.6. The van der Waals surface area contributed by atoms with Crippen LogP contribution in [0, 0.1) is 6.92 Å². The van der Waals surface area contributed by atoms with Gasteiger partial charge in [-0.15, -0.1) is 5.10 Å². The molecule has 0 unspecified atom stereocenters. The fourth-order valence-corrected chi connectivity index (χ4v) is 1.49. The summed E-state index contributed by atoms with van der Waals surface area (Å²) in [5.41, 5.74) is 1.89. The van der Waals surface area contributed by atoms with Crippen LogP contribution in [-0.2, 0) is 6.54 Å². The Morgan fingerprint density at radius 3 is 2.45 bits per heavy atom. The van der Waals surface area contributed by atoms with E-state index in [9.17, 15) is 0 Å². The molecule has 0 bridgehead atoms. The van der Waals surface area contributed by atoms with Crippen LogP contribution in [0.15, 0.2) is 30.5 Å². The number of nitrogens with zero attached hydrogens (tertiary/aromatic N) is 3. The Hall–Kier alpha value is -2.01. The lowest BCUT2D eigenvalue weighted by atomic mass is 10.1. The van der Waals surface area contributed by atoms with Crippen molar-refractivity contribution in [3.63, 3.8) is 0 Å². The van der Waals surface area contributed by atoms with Crippen molar-refractivity contribution in [1.82, 2.24) is 20.5 Å². The minimum absolute atomic E-state index is 0.0599. The van der Waals surface area contributed by atoms with Gasteiger partial charge in [-0.25, -0.2) is 0 Å². The van der Waals surface area contributed by atoms with Crippen LogP contribution in [0.1, 0.15) is 32.2 Å². The lowest BCUT2D eigenvalue weighted by molar-refractivity contribution is 0.416. The summed E-state index contributed by atoms with van der Waals surface area (Å²) in [7, 11) is 0. The lowest BCUT2D eigenvalue weighted by Crippen LogP contribution is -2.35. The smallest absolute Gasteiger partial charge is 0.238 e. The molecular formula is C15H20N4O. The molecule has 2 aromatic rings. The van der Waals surface area contributed by atoms with Crippen molar-refractivity contribution < 1.29 is 4.74 Å². The topological polar surface area (TPSA) is 59.9 Å². The molecule has 5 nitrogen and oxygen atoms in total. The van der Waals surface area contributed by atoms with Crippen LogP contribution in [0.4, 0.5) is 0 Å². The molecule has 0 radical (unpaired) electrons. The van der Waals surface area contributed by atoms with E-state index in [4.69, 9.17) is 4.74 Å². The van der Waals surface area contributed by atoms with Gasteiger partial charge >= 0.3 is 0 Å². The molecule has 106 valence electrons. The summed E-state index contributed by atoms with van der Waals surface area (Å²) in [5.74, 6) is 1.13. The maximum atomic E-state index is 5.58. The highest BCUT2D eigenvalue weighted by atomic mass is 16.5. The summed E-state index contributed by atoms with van der Waals surface area (Å²) in [6, 6.07) is 7.47. The van der Waals surface area contributed by atoms with E-state index in [0.29, 0.717) is 18.2 Å². The van der Waals surface area contributed by atoms with Crippen LogP contribution in [0.2, 0.25) is 0 Å². The van der Waals surface area contributed by atoms with Gasteiger partial charge in [0.15, 0.2) is 0 Å². The number of pyridine rings is 1. The van der Waals surface area contributed by atoms with Gasteiger partial charge in [-0.1, -0.05) is 0 Å². The largest absolute Gasteiger partial charge is 0.436 e. The van der Waals surface area contributed by atoms with Crippen LogP contribution in [0.3, 0.4) is 0 Å². The number of rotatable bonds is 4. The predicted octanol–water partition coefficient (Wildman–Crippen LogP) is 2.86. The van der Waals surface area contributed by atoms with E-state index in [1.54, 1.807) is 6.20 Å². The van der Waals surface area contributed by atoms with Gasteiger partial charge in [0.1, 0.15) is 5.75 Å². The molecule has 0 aromatic carbocycles. The molecule has 0 saturated carbocycles. The maximum Gasteiger partial charge on any atom is 0.238 e. The van der Waals surface area contributed by atoms with Crippen molar-refractivity contribution in [3.05, 3.63) is 41.9 Å². The van der Waals surface area contributed by atoms with Gasteiger partial charge in [-0.3, -0.25) is 4.98 Å². The minimum atomic E-state index is 0.0599. The Kier molecular flexibility index (Phi) is 4.29. The molecule has 0 atom stereocenters. The molecule has 0 spiro atoms. The lowest BCUT2D eigenvalue weighted by Gasteiger charge is -2.19. The molecule has 0 aliphatic heterocycles. The summed E-state index contributed by atoms with van der Waals surface area (Å²) < 4.78 is 5.58. The fraction of sp³-hybridized carbons (Fsp3) is 0.400. The third-order valence-corrected chi connectivity index (χ3v) is 2.60. The average Bonchev–Trinajstić information content (AvgIpc) is 2.40. The van der Waals surface area contributed by atoms with E-state index in [0.717, 1.165) is 11.4 Å². The molecule has 2 aromatic heterocycles. The molecule has 0 amide bonds. The Morgan fingerprint density at radius 1 is 1.10 bits per heavy atom. The summed E-state index contributed by atoms with van der Waals surface area (Å²) in [5, 5.41) is 11.6. The van der Waals surface area contributed by atoms with Crippen LogP contribution in [0.5, 0.6) is 11.6 Å². The second-order valence-electron chi connectivity index (χ2n) is 5.70. The zero-order valence-corrected chi connectivity index (χ0v) is 12.3. The third-order valence-electron chi connectivity index (χ3n) is 2.60. The van der Waals surface area contributed by atoms with Crippen molar-refractivity contribution in [2.75, 3.05) is 0 Å². The number of hydrogen-bond acceptors (Lipinski definition) is 5. The Labute approximate surface area is 119 Å². The SMILES string of the molecule is Cc1ccc(Oc2ccc(CNC(C)(C)C)nn2)cn1. The molecule has 2 heterocycles. The van der Waals surface area contributed by atoms with E-state index in [-0.39, 0.29) is 5.54 Å². The molecule has 0 aliphatic carbocycles. The molecule has 0 aliphatic rings. The summed E-state index contributed by atoms with van der Waals surface area (Å²) in [6.45, 7) is 8.95. The van der Waals surface area contributed by atoms with E-state index in [2.05, 4.69) is 41.3 Å². The van der Waals surface area contributed by atoms with Gasteiger partial charge in [-0.05, 0) is 45.9 Å². The van der Waals surface area contributed by atoms with Gasteiger partial charge in [0.05, 0.1) is 11.9 Å². The first-order valence-electron chi connectivity index (χ1n) is 6.60. The molecule has 2 rings (SSSR count). The second kappa shape index (κ2) is 5.96. The number of aromatic nitrogens is 3. The standard InChI is InChI=1S/C15H20N4O/c1-11-5-7-13(10-16-11)20-14-8-6-12(18-19-14)9-17-15(2,3)4/h5-8,10,17H,9H2,1-4H3. The second-order valence-corrected chi connectivity index (χ2v) is 5.70. The highest BCUT2D eigenvalue weighted by molar-refractivity contribution is 5.24. The number of ether oxygens (including phenoxy) is 1. The van der Waals surface area contributed by atoms with Gasteiger partial charge in [0.25, 0.3) is 0 Å². The minimum Gasteiger partial charge on any atom is -0.436 e. The number of aryl methyl sites for hydroxylation is 1. The normalized spacial score (nSPS) is 11.4. The Bertz CT molecular complexity index is 544. The zero-order valence-electron chi connectivity index (χ0n) is 12.3. The van der Waals surface area contributed by atoms with Gasteiger partial charge < -0.3 is 10.1 Å². The van der Waals surface area contributed by atoms with E-state index in [1.807, 2.05) is 31.2 Å². The first kappa shape index (κ1) is 14.4. The molecule has 0 saturated heterocycles. The van der Waals surface area contributed by atoms with Crippen LogP contribution < -0.4 is 10.1 Å². The van der Waals surface area contributed by atoms with Crippen molar-refractivity contribution in [3.8, 4) is 11.6 Å². The monoisotopic (exact) mass is 272 g/mol. The molecule has 20 heavy (non-hydrogen) atoms. The van der Waals surface area contributed by atoms with Crippen molar-refractivity contribution in [1.29, 1.82) is 0 Å². The summed E-state index contributed by atoms with van der Waals surface area (Å²) in [4.78, 5) is 4.17. The van der Waals surface area contributed by atoms with E-state index >= 15 is 0 Å². The van der Waals surface area contributed by atoms with Crippen LogP contribution in [0.25, 0.3) is 0 Å². The molecule has 1 N–H and O–H groups in total. The van der Waals surface area contributed by atoms with Crippen LogP contribution >= 0.6 is 0 Å². The quantitative estimate of drug-likeness (QED) is 0.927. The summed E-state index contributed by atoms with van der Waals surface area (Å²) in [6.07, 6.45) is 1.67. The number of hydrogen-bond donors (Lipinski definition) is 1. The molecule has 0 fully saturated rings. The van der Waals surface area contributed by atoms with Crippen LogP contribution in [-0.4, -0.2) is 20.7 Å². The van der Waals surface area contributed by atoms with Crippen molar-refractivity contribution >= 4 is 0 Å². The highest BCUT2D eigenvalue weighted by Crippen LogP contribution is 2.17. The van der Waals surface area contributed by atoms with Crippen molar-refractivity contribution in [2.24, 2.45) is 0 Å². The first-order valence-corrected chi connectivity index (χ1v) is 6.60. The Morgan fingerprint density at radius 2 is 1.90 bits per heavy atom.